The number of hydrogen-bond donors (Lipinski definition) is 2. The summed E-state index contributed by atoms with van der Waals surface area (Å²) in [7, 11) is 0. The van der Waals surface area contributed by atoms with E-state index >= 15 is 0 Å². The molecule has 0 unspecified atom stereocenters. The maximum absolute atomic E-state index is 12.1. The summed E-state index contributed by atoms with van der Waals surface area (Å²) in [5, 5.41) is 8.65. The van der Waals surface area contributed by atoms with E-state index in [-0.39, 0.29) is 11.7 Å². The minimum absolute atomic E-state index is 0.0738. The number of thioether (sulfide) groups is 1. The van der Waals surface area contributed by atoms with E-state index in [2.05, 4.69) is 42.0 Å². The normalized spacial score (nSPS) is 10.7. The van der Waals surface area contributed by atoms with Crippen molar-refractivity contribution in [2.75, 3.05) is 5.75 Å². The van der Waals surface area contributed by atoms with Gasteiger partial charge in [-0.3, -0.25) is 24.8 Å². The minimum Gasteiger partial charge on any atom is -0.272 e. The van der Waals surface area contributed by atoms with Gasteiger partial charge >= 0.3 is 0 Å². The van der Waals surface area contributed by atoms with E-state index in [0.29, 0.717) is 21.0 Å². The molecule has 0 aliphatic carbocycles. The number of benzene rings is 1. The van der Waals surface area contributed by atoms with Crippen LogP contribution in [-0.2, 0) is 4.79 Å². The van der Waals surface area contributed by atoms with E-state index < -0.39 is 5.91 Å². The van der Waals surface area contributed by atoms with E-state index in [1.165, 1.54) is 11.8 Å². The van der Waals surface area contributed by atoms with Crippen LogP contribution in [0.1, 0.15) is 21.7 Å². The molecule has 0 fully saturated rings. The first kappa shape index (κ1) is 18.3. The van der Waals surface area contributed by atoms with Gasteiger partial charge in [0.2, 0.25) is 5.91 Å². The smallest absolute Gasteiger partial charge is 0.270 e. The van der Waals surface area contributed by atoms with Crippen molar-refractivity contribution < 1.29 is 9.59 Å². The first-order valence-electron chi connectivity index (χ1n) is 7.61. The second-order valence-corrected chi connectivity index (χ2v) is 7.22. The number of hydrogen-bond acceptors (Lipinski definition) is 6. The Hall–Kier alpha value is -2.46. The lowest BCUT2D eigenvalue weighted by Crippen LogP contribution is -2.42. The molecular weight excluding hydrogens is 420 g/mol. The highest BCUT2D eigenvalue weighted by Crippen LogP contribution is 2.18. The molecule has 26 heavy (non-hydrogen) atoms. The molecule has 0 bridgehead atoms. The maximum Gasteiger partial charge on any atom is 0.270 e. The van der Waals surface area contributed by atoms with Gasteiger partial charge < -0.3 is 0 Å². The number of hydrazine groups is 1. The zero-order chi connectivity index (χ0) is 18.7. The van der Waals surface area contributed by atoms with Crippen molar-refractivity contribution in [3.8, 4) is 0 Å². The number of nitrogens with one attached hydrogen (secondary N) is 2. The van der Waals surface area contributed by atoms with Gasteiger partial charge in [-0.25, -0.2) is 4.98 Å². The average molecular weight is 435 g/mol. The van der Waals surface area contributed by atoms with Crippen LogP contribution in [-0.4, -0.2) is 37.1 Å². The lowest BCUT2D eigenvalue weighted by molar-refractivity contribution is -0.119. The molecule has 0 saturated heterocycles. The lowest BCUT2D eigenvalue weighted by atomic mass is 10.2. The standard InChI is InChI=1S/C16H15BrN6O2S/c1-9-7-10(2)23-15(18-9)21-22-16(23)26-8-13(24)19-20-14(25)11-5-3-4-6-12(11)17/h3-7H,8H2,1-2H3,(H,19,24)(H,20,25). The van der Waals surface area contributed by atoms with Gasteiger partial charge in [-0.15, -0.1) is 10.2 Å². The molecule has 10 heteroatoms. The summed E-state index contributed by atoms with van der Waals surface area (Å²) >= 11 is 4.51. The van der Waals surface area contributed by atoms with Crippen molar-refractivity contribution in [1.82, 2.24) is 30.4 Å². The van der Waals surface area contributed by atoms with Gasteiger partial charge in [0.25, 0.3) is 11.7 Å². The fraction of sp³-hybridized carbons (Fsp3) is 0.188. The number of carbonyl (C=O) groups is 2. The first-order valence-corrected chi connectivity index (χ1v) is 9.39. The minimum atomic E-state index is -0.403. The number of nitrogens with zero attached hydrogens (tertiary/aromatic N) is 4. The number of amides is 2. The monoisotopic (exact) mass is 434 g/mol. The Bertz CT molecular complexity index is 990. The van der Waals surface area contributed by atoms with Gasteiger partial charge in [0.15, 0.2) is 5.16 Å². The van der Waals surface area contributed by atoms with Crippen molar-refractivity contribution in [2.24, 2.45) is 0 Å². The topological polar surface area (TPSA) is 101 Å². The van der Waals surface area contributed by atoms with E-state index in [1.807, 2.05) is 19.9 Å². The number of aryl methyl sites for hydroxylation is 2. The number of carbonyl (C=O) groups excluding carboxylic acids is 2. The van der Waals surface area contributed by atoms with Crippen molar-refractivity contribution in [1.29, 1.82) is 0 Å². The van der Waals surface area contributed by atoms with Crippen molar-refractivity contribution >= 4 is 45.3 Å². The molecule has 0 saturated carbocycles. The average Bonchev–Trinajstić information content (AvgIpc) is 3.01. The molecule has 134 valence electrons. The highest BCUT2D eigenvalue weighted by Gasteiger charge is 2.14. The Morgan fingerprint density at radius 1 is 1.19 bits per heavy atom. The van der Waals surface area contributed by atoms with Crippen molar-refractivity contribution in [2.45, 2.75) is 19.0 Å². The fourth-order valence-electron chi connectivity index (χ4n) is 2.30. The fourth-order valence-corrected chi connectivity index (χ4v) is 3.55. The van der Waals surface area contributed by atoms with Crippen molar-refractivity contribution in [3.05, 3.63) is 51.8 Å². The van der Waals surface area contributed by atoms with Crippen LogP contribution in [0.5, 0.6) is 0 Å². The lowest BCUT2D eigenvalue weighted by Gasteiger charge is -2.08. The second-order valence-electron chi connectivity index (χ2n) is 5.43. The Morgan fingerprint density at radius 2 is 1.96 bits per heavy atom. The van der Waals surface area contributed by atoms with Crippen LogP contribution in [0, 0.1) is 13.8 Å². The van der Waals surface area contributed by atoms with Crippen LogP contribution < -0.4 is 10.9 Å². The summed E-state index contributed by atoms with van der Waals surface area (Å²) in [6, 6.07) is 8.86. The highest BCUT2D eigenvalue weighted by atomic mass is 79.9. The van der Waals surface area contributed by atoms with Gasteiger partial charge in [-0.1, -0.05) is 23.9 Å². The molecule has 3 aromatic rings. The number of fused-ring (bicyclic) bond motifs is 1. The maximum atomic E-state index is 12.1. The quantitative estimate of drug-likeness (QED) is 0.481. The zero-order valence-corrected chi connectivity index (χ0v) is 16.4. The molecule has 0 spiro atoms. The van der Waals surface area contributed by atoms with Crippen LogP contribution in [0.3, 0.4) is 0 Å². The Labute approximate surface area is 161 Å². The molecule has 0 radical (unpaired) electrons. The molecule has 2 aromatic heterocycles. The molecule has 2 heterocycles. The van der Waals surface area contributed by atoms with Crippen LogP contribution in [0.2, 0.25) is 0 Å². The van der Waals surface area contributed by atoms with Gasteiger partial charge in [0.05, 0.1) is 11.3 Å². The molecule has 0 aliphatic heterocycles. The number of aromatic nitrogens is 4. The third kappa shape index (κ3) is 4.02. The molecule has 0 aliphatic rings. The number of rotatable bonds is 4. The number of halogens is 1. The van der Waals surface area contributed by atoms with Crippen molar-refractivity contribution in [3.63, 3.8) is 0 Å². The predicted octanol–water partition coefficient (Wildman–Crippen LogP) is 2.06. The highest BCUT2D eigenvalue weighted by molar-refractivity contribution is 9.10. The van der Waals surface area contributed by atoms with Crippen LogP contribution >= 0.6 is 27.7 Å². The van der Waals surface area contributed by atoms with Gasteiger partial charge in [-0.05, 0) is 48.0 Å². The summed E-state index contributed by atoms with van der Waals surface area (Å²) in [4.78, 5) is 28.4. The van der Waals surface area contributed by atoms with E-state index in [9.17, 15) is 9.59 Å². The van der Waals surface area contributed by atoms with Crippen LogP contribution in [0.4, 0.5) is 0 Å². The van der Waals surface area contributed by atoms with Gasteiger partial charge in [0.1, 0.15) is 0 Å². The Kier molecular flexibility index (Phi) is 5.52. The Balaban J connectivity index is 1.58. The molecule has 3 rings (SSSR count). The van der Waals surface area contributed by atoms with E-state index in [0.717, 1.165) is 11.4 Å². The zero-order valence-electron chi connectivity index (χ0n) is 14.0. The molecule has 2 N–H and O–H groups in total. The summed E-state index contributed by atoms with van der Waals surface area (Å²) in [5.41, 5.74) is 7.00. The predicted molar refractivity (Wildman–Crippen MR) is 101 cm³/mol. The summed E-state index contributed by atoms with van der Waals surface area (Å²) in [5.74, 6) is -0.193. The SMILES string of the molecule is Cc1cc(C)n2c(SCC(=O)NNC(=O)c3ccccc3Br)nnc2n1. The molecule has 2 amide bonds. The summed E-state index contributed by atoms with van der Waals surface area (Å²) in [6.45, 7) is 3.81. The van der Waals surface area contributed by atoms with Gasteiger partial charge in [-0.2, -0.15) is 0 Å². The first-order chi connectivity index (χ1) is 12.5. The summed E-state index contributed by atoms with van der Waals surface area (Å²) < 4.78 is 2.43. The molecule has 0 atom stereocenters. The van der Waals surface area contributed by atoms with Gasteiger partial charge in [0, 0.05) is 15.9 Å². The molecule has 8 nitrogen and oxygen atoms in total. The third-order valence-corrected chi connectivity index (χ3v) is 5.05. The second kappa shape index (κ2) is 7.83. The molecular formula is C16H15BrN6O2S. The Morgan fingerprint density at radius 3 is 2.73 bits per heavy atom. The third-order valence-electron chi connectivity index (χ3n) is 3.43. The summed E-state index contributed by atoms with van der Waals surface area (Å²) in [6.07, 6.45) is 0. The molecule has 1 aromatic carbocycles. The largest absolute Gasteiger partial charge is 0.272 e. The van der Waals surface area contributed by atoms with E-state index in [1.54, 1.807) is 28.7 Å². The van der Waals surface area contributed by atoms with Crippen LogP contribution in [0.15, 0.2) is 40.0 Å². The van der Waals surface area contributed by atoms with Crippen LogP contribution in [0.25, 0.3) is 5.78 Å². The van der Waals surface area contributed by atoms with E-state index in [4.69, 9.17) is 0 Å².